The Morgan fingerprint density at radius 1 is 1.29 bits per heavy atom. The molecule has 28 heavy (non-hydrogen) atoms. The van der Waals surface area contributed by atoms with Crippen molar-refractivity contribution >= 4 is 23.4 Å². The zero-order valence-corrected chi connectivity index (χ0v) is 17.2. The normalized spacial score (nSPS) is 15.9. The molecule has 1 amide bonds. The highest BCUT2D eigenvalue weighted by molar-refractivity contribution is 7.09. The third-order valence-corrected chi connectivity index (χ3v) is 5.35. The van der Waals surface area contributed by atoms with E-state index in [-0.39, 0.29) is 5.92 Å². The summed E-state index contributed by atoms with van der Waals surface area (Å²) in [5.41, 5.74) is 1.73. The summed E-state index contributed by atoms with van der Waals surface area (Å²) in [6, 6.07) is 8.81. The van der Waals surface area contributed by atoms with Crippen molar-refractivity contribution in [1.82, 2.24) is 4.90 Å². The molecular weight excluding hydrogens is 378 g/mol. The van der Waals surface area contributed by atoms with Gasteiger partial charge in [0.2, 0.25) is 0 Å². The topological polar surface area (TPSA) is 65.1 Å². The fourth-order valence-electron chi connectivity index (χ4n) is 3.13. The number of ether oxygens (including phenoxy) is 3. The van der Waals surface area contributed by atoms with Crippen molar-refractivity contribution in [1.29, 1.82) is 0 Å². The van der Waals surface area contributed by atoms with E-state index in [0.29, 0.717) is 26.2 Å². The number of rotatable bonds is 6. The van der Waals surface area contributed by atoms with Gasteiger partial charge in [0.05, 0.1) is 13.7 Å². The third-order valence-electron chi connectivity index (χ3n) is 4.50. The summed E-state index contributed by atoms with van der Waals surface area (Å²) in [6.07, 6.45) is 0.128. The van der Waals surface area contributed by atoms with Crippen molar-refractivity contribution in [2.24, 2.45) is 5.92 Å². The summed E-state index contributed by atoms with van der Waals surface area (Å²) in [5.74, 6) is 0.488. The predicted molar refractivity (Wildman–Crippen MR) is 106 cm³/mol. The van der Waals surface area contributed by atoms with E-state index < -0.39 is 18.1 Å². The van der Waals surface area contributed by atoms with Crippen molar-refractivity contribution in [3.05, 3.63) is 51.7 Å². The number of thiophene rings is 1. The largest absolute Gasteiger partial charge is 0.488 e. The van der Waals surface area contributed by atoms with Crippen LogP contribution < -0.4 is 4.74 Å². The number of amides is 1. The lowest BCUT2D eigenvalue weighted by Gasteiger charge is -2.35. The maximum absolute atomic E-state index is 12.5. The van der Waals surface area contributed by atoms with Gasteiger partial charge in [0.1, 0.15) is 12.4 Å². The van der Waals surface area contributed by atoms with Gasteiger partial charge >= 0.3 is 12.1 Å². The number of esters is 1. The molecular formula is C21H25NO5S. The molecule has 1 aliphatic heterocycles. The Balaban J connectivity index is 1.78. The first-order valence-electron chi connectivity index (χ1n) is 9.28. The van der Waals surface area contributed by atoms with Crippen LogP contribution in [0.1, 0.15) is 35.9 Å². The van der Waals surface area contributed by atoms with Crippen molar-refractivity contribution in [2.75, 3.05) is 20.3 Å². The maximum atomic E-state index is 12.5. The lowest BCUT2D eigenvalue weighted by atomic mass is 9.92. The first kappa shape index (κ1) is 20.2. The quantitative estimate of drug-likeness (QED) is 0.677. The van der Waals surface area contributed by atoms with Crippen LogP contribution in [0.15, 0.2) is 35.7 Å². The summed E-state index contributed by atoms with van der Waals surface area (Å²) in [6.45, 7) is 5.14. The number of hydrogen-bond acceptors (Lipinski definition) is 6. The Morgan fingerprint density at radius 2 is 2.11 bits per heavy atom. The van der Waals surface area contributed by atoms with Crippen molar-refractivity contribution in [3.8, 4) is 5.75 Å². The van der Waals surface area contributed by atoms with Gasteiger partial charge in [-0.1, -0.05) is 26.0 Å². The molecule has 0 bridgehead atoms. The lowest BCUT2D eigenvalue weighted by Crippen LogP contribution is -2.44. The fraction of sp³-hybridized carbons (Fsp3) is 0.429. The second-order valence-electron chi connectivity index (χ2n) is 7.07. The molecule has 150 valence electrons. The molecule has 0 radical (unpaired) electrons. The lowest BCUT2D eigenvalue weighted by molar-refractivity contribution is -0.147. The average Bonchev–Trinajstić information content (AvgIpc) is 3.22. The van der Waals surface area contributed by atoms with Gasteiger partial charge in [-0.25, -0.2) is 9.59 Å². The molecule has 3 rings (SSSR count). The Bertz CT molecular complexity index is 818. The molecule has 1 aromatic carbocycles. The highest BCUT2D eigenvalue weighted by atomic mass is 32.1. The molecule has 0 fully saturated rings. The highest BCUT2D eigenvalue weighted by Crippen LogP contribution is 2.34. The molecule has 7 heteroatoms. The molecule has 1 unspecified atom stereocenters. The van der Waals surface area contributed by atoms with Gasteiger partial charge in [-0.05, 0) is 47.0 Å². The summed E-state index contributed by atoms with van der Waals surface area (Å²) in [5, 5.41) is 2.01. The standard InChI is InChI=1S/C21H25NO5S/c1-14(2)12-27-21(24)22-9-8-15-11-16(26-13-17-5-4-10-28-17)6-7-18(15)19(22)20(23)25-3/h4-7,10-11,14,19H,8-9,12-13H2,1-3H3. The van der Waals surface area contributed by atoms with Crippen LogP contribution in [0.25, 0.3) is 0 Å². The summed E-state index contributed by atoms with van der Waals surface area (Å²) in [7, 11) is 1.33. The molecule has 0 saturated carbocycles. The van der Waals surface area contributed by atoms with Gasteiger partial charge in [-0.2, -0.15) is 0 Å². The number of hydrogen-bond donors (Lipinski definition) is 0. The molecule has 0 N–H and O–H groups in total. The van der Waals surface area contributed by atoms with E-state index in [1.165, 1.54) is 12.0 Å². The van der Waals surface area contributed by atoms with E-state index >= 15 is 0 Å². The molecule has 1 aliphatic rings. The summed E-state index contributed by atoms with van der Waals surface area (Å²) < 4.78 is 16.2. The molecule has 1 aromatic heterocycles. The molecule has 1 atom stereocenters. The van der Waals surface area contributed by atoms with Gasteiger partial charge in [-0.15, -0.1) is 11.3 Å². The third kappa shape index (κ3) is 4.65. The van der Waals surface area contributed by atoms with E-state index in [4.69, 9.17) is 14.2 Å². The van der Waals surface area contributed by atoms with E-state index in [1.807, 2.05) is 49.6 Å². The van der Waals surface area contributed by atoms with Gasteiger partial charge in [0.15, 0.2) is 6.04 Å². The van der Waals surface area contributed by atoms with E-state index in [2.05, 4.69) is 0 Å². The number of carbonyl (C=O) groups is 2. The Labute approximate surface area is 169 Å². The van der Waals surface area contributed by atoms with Crippen LogP contribution in [-0.4, -0.2) is 37.2 Å². The van der Waals surface area contributed by atoms with Crippen molar-refractivity contribution in [3.63, 3.8) is 0 Å². The molecule has 2 aromatic rings. The Kier molecular flexibility index (Phi) is 6.57. The smallest absolute Gasteiger partial charge is 0.410 e. The monoisotopic (exact) mass is 403 g/mol. The first-order valence-corrected chi connectivity index (χ1v) is 10.2. The van der Waals surface area contributed by atoms with Crippen LogP contribution in [0.4, 0.5) is 4.79 Å². The summed E-state index contributed by atoms with van der Waals surface area (Å²) in [4.78, 5) is 27.6. The maximum Gasteiger partial charge on any atom is 0.410 e. The van der Waals surface area contributed by atoms with Crippen LogP contribution >= 0.6 is 11.3 Å². The fourth-order valence-corrected chi connectivity index (χ4v) is 3.74. The average molecular weight is 404 g/mol. The molecule has 6 nitrogen and oxygen atoms in total. The molecule has 0 aliphatic carbocycles. The predicted octanol–water partition coefficient (Wildman–Crippen LogP) is 4.19. The number of benzene rings is 1. The second-order valence-corrected chi connectivity index (χ2v) is 8.10. The minimum Gasteiger partial charge on any atom is -0.488 e. The van der Waals surface area contributed by atoms with E-state index in [1.54, 1.807) is 11.3 Å². The molecule has 0 spiro atoms. The van der Waals surface area contributed by atoms with Crippen LogP contribution in [0.2, 0.25) is 0 Å². The Morgan fingerprint density at radius 3 is 2.79 bits per heavy atom. The summed E-state index contributed by atoms with van der Waals surface area (Å²) >= 11 is 1.64. The van der Waals surface area contributed by atoms with Gasteiger partial charge in [0, 0.05) is 11.4 Å². The van der Waals surface area contributed by atoms with Crippen LogP contribution in [0.5, 0.6) is 5.75 Å². The Hall–Kier alpha value is -2.54. The number of fused-ring (bicyclic) bond motifs is 1. The zero-order chi connectivity index (χ0) is 20.1. The van der Waals surface area contributed by atoms with E-state index in [9.17, 15) is 9.59 Å². The molecule has 0 saturated heterocycles. The van der Waals surface area contributed by atoms with Gasteiger partial charge in [-0.3, -0.25) is 4.90 Å². The number of methoxy groups -OCH3 is 1. The highest BCUT2D eigenvalue weighted by Gasteiger charge is 2.37. The zero-order valence-electron chi connectivity index (χ0n) is 16.3. The minimum absolute atomic E-state index is 0.223. The number of nitrogens with zero attached hydrogens (tertiary/aromatic N) is 1. The number of carbonyl (C=O) groups excluding carboxylic acids is 2. The van der Waals surface area contributed by atoms with Gasteiger partial charge in [0.25, 0.3) is 0 Å². The van der Waals surface area contributed by atoms with Crippen molar-refractivity contribution in [2.45, 2.75) is 32.9 Å². The van der Waals surface area contributed by atoms with E-state index in [0.717, 1.165) is 21.8 Å². The van der Waals surface area contributed by atoms with Crippen molar-refractivity contribution < 1.29 is 23.8 Å². The van der Waals surface area contributed by atoms with Crippen LogP contribution in [-0.2, 0) is 27.3 Å². The van der Waals surface area contributed by atoms with Crippen LogP contribution in [0, 0.1) is 5.92 Å². The first-order chi connectivity index (χ1) is 13.5. The second kappa shape index (κ2) is 9.10. The molecule has 2 heterocycles. The van der Waals surface area contributed by atoms with Crippen LogP contribution in [0.3, 0.4) is 0 Å². The SMILES string of the molecule is COC(=O)C1c2ccc(OCc3cccs3)cc2CCN1C(=O)OCC(C)C. The van der Waals surface area contributed by atoms with Gasteiger partial charge < -0.3 is 14.2 Å². The minimum atomic E-state index is -0.806.